The molecule has 0 aliphatic carbocycles. The summed E-state index contributed by atoms with van der Waals surface area (Å²) in [5.41, 5.74) is 0.102. The van der Waals surface area contributed by atoms with E-state index >= 15 is 0 Å². The number of anilines is 1. The Balaban J connectivity index is 1.38. The largest absolute Gasteiger partial charge is 0.497 e. The number of thiocarbonyl (C=S) groups is 1. The molecule has 2 radical (unpaired) electrons. The molecule has 3 heterocycles. The quantitative estimate of drug-likeness (QED) is 0.552. The minimum absolute atomic E-state index is 0.239. The first-order valence-corrected chi connectivity index (χ1v) is 9.48. The monoisotopic (exact) mass is 375 g/mol. The summed E-state index contributed by atoms with van der Waals surface area (Å²) in [6.45, 7) is 2.77. The van der Waals surface area contributed by atoms with Crippen LogP contribution in [0.15, 0.2) is 18.2 Å². The molecule has 0 unspecified atom stereocenters. The number of aromatic nitrogens is 1. The van der Waals surface area contributed by atoms with Gasteiger partial charge in [-0.25, -0.2) is 4.98 Å². The Morgan fingerprint density at radius 1 is 1.60 bits per heavy atom. The SMILES string of the molecule is [B][N@@+]12CC[C@@H](C1)[C@](O)(CNC(=S)Nc1nc3ccc(OC)cc3s1)C2. The van der Waals surface area contributed by atoms with Crippen LogP contribution < -0.4 is 15.4 Å². The van der Waals surface area contributed by atoms with E-state index < -0.39 is 5.60 Å². The van der Waals surface area contributed by atoms with Crippen LogP contribution in [-0.4, -0.2) is 66.5 Å². The maximum Gasteiger partial charge on any atom is 0.481 e. The van der Waals surface area contributed by atoms with Gasteiger partial charge in [0.1, 0.15) is 11.4 Å². The molecule has 1 aromatic heterocycles. The van der Waals surface area contributed by atoms with Gasteiger partial charge in [-0.1, -0.05) is 11.3 Å². The van der Waals surface area contributed by atoms with Crippen LogP contribution in [0.2, 0.25) is 0 Å². The fourth-order valence-electron chi connectivity index (χ4n) is 3.95. The molecule has 0 amide bonds. The highest BCUT2D eigenvalue weighted by Gasteiger charge is 2.57. The Kier molecular flexibility index (Phi) is 4.14. The molecule has 2 aliphatic heterocycles. The van der Waals surface area contributed by atoms with Crippen LogP contribution in [0.5, 0.6) is 5.75 Å². The van der Waals surface area contributed by atoms with E-state index in [9.17, 15) is 5.11 Å². The number of quaternary nitrogens is 1. The third-order valence-electron chi connectivity index (χ3n) is 5.23. The molecule has 2 fully saturated rings. The van der Waals surface area contributed by atoms with Crippen molar-refractivity contribution < 1.29 is 14.2 Å². The lowest BCUT2D eigenvalue weighted by molar-refractivity contribution is -0.798. The minimum Gasteiger partial charge on any atom is -0.497 e. The number of thiazole rings is 1. The second-order valence-corrected chi connectivity index (χ2v) is 8.47. The smallest absolute Gasteiger partial charge is 0.481 e. The van der Waals surface area contributed by atoms with Crippen LogP contribution in [0, 0.1) is 5.92 Å². The maximum absolute atomic E-state index is 10.9. The number of benzene rings is 1. The molecule has 0 saturated carbocycles. The van der Waals surface area contributed by atoms with Crippen molar-refractivity contribution in [2.45, 2.75) is 12.0 Å². The fraction of sp³-hybridized carbons (Fsp3) is 0.500. The Morgan fingerprint density at radius 2 is 2.44 bits per heavy atom. The first-order valence-electron chi connectivity index (χ1n) is 8.26. The van der Waals surface area contributed by atoms with Gasteiger partial charge in [0.25, 0.3) is 0 Å². The number of aliphatic hydroxyl groups is 1. The Labute approximate surface area is 157 Å². The lowest BCUT2D eigenvalue weighted by Crippen LogP contribution is -2.55. The van der Waals surface area contributed by atoms with Crippen molar-refractivity contribution in [3.05, 3.63) is 18.2 Å². The average molecular weight is 375 g/mol. The lowest BCUT2D eigenvalue weighted by atomic mass is 9.87. The molecule has 2 aliphatic rings. The zero-order valence-corrected chi connectivity index (χ0v) is 15.6. The van der Waals surface area contributed by atoms with E-state index in [1.807, 2.05) is 18.2 Å². The fourth-order valence-corrected chi connectivity index (χ4v) is 5.08. The van der Waals surface area contributed by atoms with Crippen molar-refractivity contribution in [3.8, 4) is 5.75 Å². The predicted molar refractivity (Wildman–Crippen MR) is 104 cm³/mol. The van der Waals surface area contributed by atoms with Gasteiger partial charge in [-0.3, -0.25) is 0 Å². The van der Waals surface area contributed by atoms with Gasteiger partial charge >= 0.3 is 7.98 Å². The number of fused-ring (bicyclic) bond motifs is 3. The van der Waals surface area contributed by atoms with Crippen LogP contribution in [0.3, 0.4) is 0 Å². The molecule has 1 aromatic carbocycles. The molecule has 25 heavy (non-hydrogen) atoms. The molecule has 0 spiro atoms. The molecule has 2 aromatic rings. The Bertz CT molecular complexity index is 832. The number of nitrogens with one attached hydrogen (secondary N) is 2. The second kappa shape index (κ2) is 6.08. The summed E-state index contributed by atoms with van der Waals surface area (Å²) in [4.78, 5) is 4.51. The Hall–Kier alpha value is -1.42. The molecule has 4 rings (SSSR count). The first kappa shape index (κ1) is 17.0. The summed E-state index contributed by atoms with van der Waals surface area (Å²) < 4.78 is 6.73. The normalized spacial score (nSPS) is 30.6. The third-order valence-corrected chi connectivity index (χ3v) is 6.41. The standard InChI is InChI=1S/C16H20BN4O2S2/c1-23-11-2-3-12-13(6-11)25-15(19-12)20-14(24)18-8-16(22)9-21(17)5-4-10(16)7-21/h2-3,6,10,22H,4-5,7-9H2,1H3,(H2,18,19,20,24)/q+1/t10-,16-,21-/m0/s1. The zero-order chi connectivity index (χ0) is 17.7. The van der Waals surface area contributed by atoms with Gasteiger partial charge in [-0.05, 0) is 30.4 Å². The molecule has 6 nitrogen and oxygen atoms in total. The molecular weight excluding hydrogens is 355 g/mol. The number of hydrogen-bond acceptors (Lipinski definition) is 5. The van der Waals surface area contributed by atoms with Crippen molar-refractivity contribution in [1.29, 1.82) is 0 Å². The highest BCUT2D eigenvalue weighted by molar-refractivity contribution is 7.80. The van der Waals surface area contributed by atoms with E-state index in [2.05, 4.69) is 15.6 Å². The molecule has 3 atom stereocenters. The summed E-state index contributed by atoms with van der Waals surface area (Å²) in [6.07, 6.45) is 0.967. The lowest BCUT2D eigenvalue weighted by Gasteiger charge is -2.35. The van der Waals surface area contributed by atoms with Gasteiger partial charge in [0, 0.05) is 12.3 Å². The molecule has 3 N–H and O–H groups in total. The second-order valence-electron chi connectivity index (χ2n) is 7.03. The van der Waals surface area contributed by atoms with Crippen molar-refractivity contribution in [2.24, 2.45) is 5.92 Å². The van der Waals surface area contributed by atoms with E-state index in [1.165, 1.54) is 11.3 Å². The molecular formula is C16H20BN4O2S2+. The number of hydrogen-bond donors (Lipinski definition) is 3. The van der Waals surface area contributed by atoms with Crippen LogP contribution in [0.25, 0.3) is 10.2 Å². The van der Waals surface area contributed by atoms with Crippen LogP contribution in [0.1, 0.15) is 6.42 Å². The summed E-state index contributed by atoms with van der Waals surface area (Å²) in [6, 6.07) is 5.75. The van der Waals surface area contributed by atoms with Gasteiger partial charge in [-0.15, -0.1) is 0 Å². The third kappa shape index (κ3) is 3.21. The first-order chi connectivity index (χ1) is 11.9. The average Bonchev–Trinajstić information content (AvgIpc) is 3.21. The maximum atomic E-state index is 10.9. The molecule has 2 saturated heterocycles. The van der Waals surface area contributed by atoms with Gasteiger partial charge < -0.3 is 24.9 Å². The highest BCUT2D eigenvalue weighted by Crippen LogP contribution is 2.40. The van der Waals surface area contributed by atoms with E-state index in [0.717, 1.165) is 35.5 Å². The zero-order valence-electron chi connectivity index (χ0n) is 14.0. The van der Waals surface area contributed by atoms with E-state index in [4.69, 9.17) is 24.9 Å². The number of piperidine rings is 1. The number of rotatable bonds is 4. The summed E-state index contributed by atoms with van der Waals surface area (Å²) in [5.74, 6) is 1.04. The number of ether oxygens (including phenoxy) is 1. The van der Waals surface area contributed by atoms with Crippen LogP contribution in [-0.2, 0) is 0 Å². The molecule has 130 valence electrons. The summed E-state index contributed by atoms with van der Waals surface area (Å²) in [5, 5.41) is 18.3. The summed E-state index contributed by atoms with van der Waals surface area (Å²) in [7, 11) is 7.90. The Morgan fingerprint density at radius 3 is 3.12 bits per heavy atom. The van der Waals surface area contributed by atoms with Gasteiger partial charge in [0.05, 0.1) is 43.5 Å². The van der Waals surface area contributed by atoms with Gasteiger partial charge in [0.2, 0.25) is 0 Å². The van der Waals surface area contributed by atoms with Crippen LogP contribution >= 0.6 is 23.6 Å². The van der Waals surface area contributed by atoms with Crippen molar-refractivity contribution in [3.63, 3.8) is 0 Å². The van der Waals surface area contributed by atoms with Crippen molar-refractivity contribution in [1.82, 2.24) is 10.3 Å². The minimum atomic E-state index is -0.792. The number of methoxy groups -OCH3 is 1. The van der Waals surface area contributed by atoms with Crippen LogP contribution in [0.4, 0.5) is 5.13 Å². The predicted octanol–water partition coefficient (Wildman–Crippen LogP) is 1.26. The summed E-state index contributed by atoms with van der Waals surface area (Å²) >= 11 is 6.87. The highest BCUT2D eigenvalue weighted by atomic mass is 32.1. The van der Waals surface area contributed by atoms with E-state index in [0.29, 0.717) is 27.7 Å². The van der Waals surface area contributed by atoms with E-state index in [-0.39, 0.29) is 5.92 Å². The van der Waals surface area contributed by atoms with Crippen molar-refractivity contribution in [2.75, 3.05) is 38.6 Å². The molecule has 9 heteroatoms. The van der Waals surface area contributed by atoms with Gasteiger partial charge in [-0.2, -0.15) is 0 Å². The van der Waals surface area contributed by atoms with E-state index in [1.54, 1.807) is 7.11 Å². The topological polar surface area (TPSA) is 66.4 Å². The van der Waals surface area contributed by atoms with Gasteiger partial charge in [0.15, 0.2) is 10.2 Å². The number of nitrogens with zero attached hydrogens (tertiary/aromatic N) is 2. The molecule has 2 bridgehead atoms. The van der Waals surface area contributed by atoms with Crippen molar-refractivity contribution >= 4 is 52.0 Å².